The predicted octanol–water partition coefficient (Wildman–Crippen LogP) is 2.69. The Kier molecular flexibility index (Phi) is 3.78. The molecule has 2 N–H and O–H groups in total. The van der Waals surface area contributed by atoms with Crippen LogP contribution in [0.25, 0.3) is 0 Å². The fourth-order valence-electron chi connectivity index (χ4n) is 1.89. The summed E-state index contributed by atoms with van der Waals surface area (Å²) >= 11 is 1.04. The summed E-state index contributed by atoms with van der Waals surface area (Å²) in [6.45, 7) is 0. The van der Waals surface area contributed by atoms with Gasteiger partial charge in [-0.25, -0.2) is 0 Å². The van der Waals surface area contributed by atoms with Gasteiger partial charge in [0.15, 0.2) is 5.17 Å². The molecule has 2 atom stereocenters. The molecule has 1 aliphatic heterocycles. The van der Waals surface area contributed by atoms with E-state index in [2.05, 4.69) is 10.3 Å². The molecule has 1 aliphatic rings. The van der Waals surface area contributed by atoms with E-state index in [0.717, 1.165) is 11.8 Å². The number of hydrogen-bond donors (Lipinski definition) is 2. The van der Waals surface area contributed by atoms with E-state index in [1.165, 1.54) is 0 Å². The molecule has 0 fully saturated rings. The van der Waals surface area contributed by atoms with Crippen molar-refractivity contribution in [3.05, 3.63) is 35.9 Å². The summed E-state index contributed by atoms with van der Waals surface area (Å²) in [5, 5.41) is 12.0. The van der Waals surface area contributed by atoms with Crippen LogP contribution in [0.15, 0.2) is 35.3 Å². The van der Waals surface area contributed by atoms with Crippen molar-refractivity contribution in [1.82, 2.24) is 5.32 Å². The largest absolute Gasteiger partial charge is 0.436 e. The summed E-state index contributed by atoms with van der Waals surface area (Å²) < 4.78 is 38.8. The van der Waals surface area contributed by atoms with Gasteiger partial charge in [0.25, 0.3) is 0 Å². The van der Waals surface area contributed by atoms with Crippen molar-refractivity contribution in [2.45, 2.75) is 24.4 Å². The van der Waals surface area contributed by atoms with Gasteiger partial charge in [-0.05, 0) is 11.8 Å². The molecular formula is C12H13F3N2OS. The van der Waals surface area contributed by atoms with Crippen LogP contribution in [0.2, 0.25) is 0 Å². The smallest absolute Gasteiger partial charge is 0.363 e. The monoisotopic (exact) mass is 290 g/mol. The van der Waals surface area contributed by atoms with Gasteiger partial charge in [0.2, 0.25) is 5.72 Å². The van der Waals surface area contributed by atoms with Crippen molar-refractivity contribution in [2.75, 3.05) is 6.26 Å². The van der Waals surface area contributed by atoms with Crippen molar-refractivity contribution in [2.24, 2.45) is 4.99 Å². The Morgan fingerprint density at radius 3 is 2.53 bits per heavy atom. The lowest BCUT2D eigenvalue weighted by molar-refractivity contribution is -0.271. The first-order valence-electron chi connectivity index (χ1n) is 5.60. The van der Waals surface area contributed by atoms with Crippen LogP contribution in [-0.2, 0) is 0 Å². The van der Waals surface area contributed by atoms with E-state index in [-0.39, 0.29) is 5.17 Å². The topological polar surface area (TPSA) is 44.6 Å². The Balaban J connectivity index is 2.36. The molecule has 0 saturated carbocycles. The second-order valence-electron chi connectivity index (χ2n) is 4.25. The molecule has 0 bridgehead atoms. The fraction of sp³-hybridized carbons (Fsp3) is 0.417. The van der Waals surface area contributed by atoms with Crippen LogP contribution < -0.4 is 5.32 Å². The van der Waals surface area contributed by atoms with Crippen LogP contribution in [0.3, 0.4) is 0 Å². The highest BCUT2D eigenvalue weighted by molar-refractivity contribution is 8.13. The van der Waals surface area contributed by atoms with Crippen LogP contribution in [0.4, 0.5) is 13.2 Å². The van der Waals surface area contributed by atoms with E-state index in [1.807, 2.05) is 0 Å². The van der Waals surface area contributed by atoms with Crippen molar-refractivity contribution < 1.29 is 18.3 Å². The van der Waals surface area contributed by atoms with Gasteiger partial charge >= 0.3 is 6.18 Å². The molecule has 3 nitrogen and oxygen atoms in total. The summed E-state index contributed by atoms with van der Waals surface area (Å²) in [5.74, 6) is 0. The zero-order chi connectivity index (χ0) is 14.1. The lowest BCUT2D eigenvalue weighted by Gasteiger charge is -2.37. The Labute approximate surface area is 112 Å². The second kappa shape index (κ2) is 5.05. The first-order valence-corrected chi connectivity index (χ1v) is 6.82. The predicted molar refractivity (Wildman–Crippen MR) is 68.9 cm³/mol. The lowest BCUT2D eigenvalue weighted by Crippen LogP contribution is -2.60. The quantitative estimate of drug-likeness (QED) is 0.836. The van der Waals surface area contributed by atoms with E-state index in [9.17, 15) is 18.3 Å². The number of hydrogen-bond acceptors (Lipinski definition) is 4. The molecule has 0 radical (unpaired) electrons. The molecule has 0 unspecified atom stereocenters. The zero-order valence-electron chi connectivity index (χ0n) is 10.1. The van der Waals surface area contributed by atoms with Crippen LogP contribution in [0, 0.1) is 0 Å². The van der Waals surface area contributed by atoms with Gasteiger partial charge in [-0.15, -0.1) is 0 Å². The molecule has 2 rings (SSSR count). The van der Waals surface area contributed by atoms with Gasteiger partial charge in [0.05, 0.1) is 6.04 Å². The molecule has 0 aliphatic carbocycles. The number of benzene rings is 1. The average Bonchev–Trinajstić information content (AvgIpc) is 2.38. The molecular weight excluding hydrogens is 277 g/mol. The van der Waals surface area contributed by atoms with Crippen molar-refractivity contribution in [1.29, 1.82) is 0 Å². The first-order chi connectivity index (χ1) is 8.86. The molecule has 19 heavy (non-hydrogen) atoms. The second-order valence-corrected chi connectivity index (χ2v) is 5.05. The van der Waals surface area contributed by atoms with Gasteiger partial charge in [-0.3, -0.25) is 4.99 Å². The molecule has 1 heterocycles. The standard InChI is InChI=1S/C12H13F3N2OS/c1-19-10-16-9(8-5-3-2-4-6-8)7-11(18,17-10)12(13,14)15/h2-6,9,18H,7H2,1H3,(H,16,17)/t9-,11+/m0/s1. The maximum absolute atomic E-state index is 12.9. The van der Waals surface area contributed by atoms with Gasteiger partial charge in [0.1, 0.15) is 0 Å². The molecule has 0 amide bonds. The van der Waals surface area contributed by atoms with Gasteiger partial charge in [-0.1, -0.05) is 42.1 Å². The van der Waals surface area contributed by atoms with Gasteiger partial charge < -0.3 is 10.4 Å². The molecule has 7 heteroatoms. The number of amidine groups is 1. The van der Waals surface area contributed by atoms with Crippen LogP contribution >= 0.6 is 11.8 Å². The highest BCUT2D eigenvalue weighted by Crippen LogP contribution is 2.40. The zero-order valence-corrected chi connectivity index (χ0v) is 10.9. The Morgan fingerprint density at radius 2 is 2.00 bits per heavy atom. The number of thioether (sulfide) groups is 1. The molecule has 0 spiro atoms. The van der Waals surface area contributed by atoms with Crippen molar-refractivity contribution in [3.8, 4) is 0 Å². The number of aliphatic imine (C=N–C) groups is 1. The number of alkyl halides is 3. The van der Waals surface area contributed by atoms with Crippen molar-refractivity contribution >= 4 is 16.9 Å². The highest BCUT2D eigenvalue weighted by Gasteiger charge is 2.57. The minimum Gasteiger partial charge on any atom is -0.363 e. The van der Waals surface area contributed by atoms with E-state index in [1.54, 1.807) is 36.6 Å². The summed E-state index contributed by atoms with van der Waals surface area (Å²) in [4.78, 5) is 4.19. The summed E-state index contributed by atoms with van der Waals surface area (Å²) in [6.07, 6.45) is -3.68. The number of nitrogens with zero attached hydrogens (tertiary/aromatic N) is 1. The molecule has 1 aromatic carbocycles. The minimum absolute atomic E-state index is 0.0833. The maximum atomic E-state index is 12.9. The van der Waals surface area contributed by atoms with E-state index in [4.69, 9.17) is 0 Å². The normalized spacial score (nSPS) is 27.6. The number of rotatable bonds is 1. The Morgan fingerprint density at radius 1 is 1.37 bits per heavy atom. The van der Waals surface area contributed by atoms with E-state index >= 15 is 0 Å². The van der Waals surface area contributed by atoms with E-state index < -0.39 is 24.4 Å². The number of nitrogens with one attached hydrogen (secondary N) is 1. The SMILES string of the molecule is CSC1=N[C@H](c2ccccc2)C[C@@](O)(C(F)(F)F)N1. The van der Waals surface area contributed by atoms with E-state index in [0.29, 0.717) is 5.56 Å². The Bertz CT molecular complexity index is 478. The highest BCUT2D eigenvalue weighted by atomic mass is 32.2. The average molecular weight is 290 g/mol. The summed E-state index contributed by atoms with van der Waals surface area (Å²) in [6, 6.07) is 7.94. The first kappa shape index (κ1) is 14.2. The summed E-state index contributed by atoms with van der Waals surface area (Å²) in [7, 11) is 0. The fourth-order valence-corrected chi connectivity index (χ4v) is 2.39. The van der Waals surface area contributed by atoms with Crippen LogP contribution in [0.1, 0.15) is 18.0 Å². The third-order valence-corrected chi connectivity index (χ3v) is 3.52. The molecule has 1 aromatic rings. The number of aliphatic hydroxyl groups is 1. The summed E-state index contributed by atoms with van der Waals surface area (Å²) in [5.41, 5.74) is -2.29. The number of halogens is 3. The maximum Gasteiger partial charge on any atom is 0.436 e. The molecule has 0 saturated heterocycles. The van der Waals surface area contributed by atoms with Crippen LogP contribution in [-0.4, -0.2) is 28.4 Å². The third-order valence-electron chi connectivity index (χ3n) is 2.92. The molecule has 0 aromatic heterocycles. The van der Waals surface area contributed by atoms with Gasteiger partial charge in [-0.2, -0.15) is 13.2 Å². The third kappa shape index (κ3) is 2.87. The van der Waals surface area contributed by atoms with Gasteiger partial charge in [0, 0.05) is 6.42 Å². The minimum atomic E-state index is -4.75. The Hall–Kier alpha value is -1.21. The molecule has 104 valence electrons. The van der Waals surface area contributed by atoms with Crippen molar-refractivity contribution in [3.63, 3.8) is 0 Å². The lowest BCUT2D eigenvalue weighted by atomic mass is 9.95. The van der Waals surface area contributed by atoms with Crippen LogP contribution in [0.5, 0.6) is 0 Å².